The summed E-state index contributed by atoms with van der Waals surface area (Å²) in [6, 6.07) is 6.01. The van der Waals surface area contributed by atoms with Gasteiger partial charge in [-0.25, -0.2) is 9.97 Å². The first-order valence-corrected chi connectivity index (χ1v) is 6.74. The molecule has 0 aliphatic rings. The maximum atomic E-state index is 9.39. The van der Waals surface area contributed by atoms with Gasteiger partial charge in [-0.2, -0.15) is 5.26 Å². The van der Waals surface area contributed by atoms with Gasteiger partial charge in [-0.3, -0.25) is 4.57 Å². The molecular weight excluding hydrogens is 278 g/mol. The third-order valence-electron chi connectivity index (χ3n) is 3.81. The summed E-state index contributed by atoms with van der Waals surface area (Å²) in [7, 11) is 1.63. The lowest BCUT2D eigenvalue weighted by Crippen LogP contribution is -2.06. The molecule has 0 aliphatic carbocycles. The first kappa shape index (κ1) is 13.9. The van der Waals surface area contributed by atoms with E-state index in [1.54, 1.807) is 17.9 Å². The predicted molar refractivity (Wildman–Crippen MR) is 84.0 cm³/mol. The second-order valence-electron chi connectivity index (χ2n) is 5.03. The fraction of sp³-hybridized carbons (Fsp3) is 0.188. The van der Waals surface area contributed by atoms with Crippen LogP contribution in [0.25, 0.3) is 16.7 Å². The average molecular weight is 293 g/mol. The highest BCUT2D eigenvalue weighted by molar-refractivity contribution is 5.91. The van der Waals surface area contributed by atoms with Gasteiger partial charge in [-0.15, -0.1) is 0 Å². The van der Waals surface area contributed by atoms with Gasteiger partial charge in [0, 0.05) is 11.8 Å². The number of anilines is 1. The van der Waals surface area contributed by atoms with E-state index in [-0.39, 0.29) is 0 Å². The van der Waals surface area contributed by atoms with E-state index in [0.717, 1.165) is 22.6 Å². The Morgan fingerprint density at radius 3 is 2.77 bits per heavy atom. The Labute approximate surface area is 127 Å². The van der Waals surface area contributed by atoms with E-state index in [0.29, 0.717) is 22.4 Å². The molecule has 0 saturated carbocycles. The number of aryl methyl sites for hydroxylation is 1. The van der Waals surface area contributed by atoms with E-state index >= 15 is 0 Å². The summed E-state index contributed by atoms with van der Waals surface area (Å²) in [4.78, 5) is 8.30. The van der Waals surface area contributed by atoms with Gasteiger partial charge in [0.15, 0.2) is 5.65 Å². The Balaban J connectivity index is 2.47. The molecule has 2 heterocycles. The van der Waals surface area contributed by atoms with Crippen molar-refractivity contribution in [2.24, 2.45) is 0 Å². The van der Waals surface area contributed by atoms with Crippen LogP contribution in [0.3, 0.4) is 0 Å². The summed E-state index contributed by atoms with van der Waals surface area (Å²) >= 11 is 0. The van der Waals surface area contributed by atoms with Crippen LogP contribution in [0.5, 0.6) is 5.75 Å². The number of nitriles is 1. The molecule has 0 bridgehead atoms. The molecule has 0 amide bonds. The van der Waals surface area contributed by atoms with Crippen LogP contribution in [-0.4, -0.2) is 21.6 Å². The highest BCUT2D eigenvalue weighted by Crippen LogP contribution is 2.35. The van der Waals surface area contributed by atoms with Crippen LogP contribution in [-0.2, 0) is 0 Å². The zero-order valence-corrected chi connectivity index (χ0v) is 12.6. The molecule has 110 valence electrons. The number of rotatable bonds is 2. The molecule has 1 aromatic carbocycles. The van der Waals surface area contributed by atoms with Gasteiger partial charge in [0.05, 0.1) is 18.2 Å². The van der Waals surface area contributed by atoms with Crippen LogP contribution in [0.1, 0.15) is 16.7 Å². The predicted octanol–water partition coefficient (Wildman–Crippen LogP) is 2.50. The molecule has 6 nitrogen and oxygen atoms in total. The molecule has 0 unspecified atom stereocenters. The van der Waals surface area contributed by atoms with E-state index in [2.05, 4.69) is 16.0 Å². The summed E-state index contributed by atoms with van der Waals surface area (Å²) in [5.74, 6) is 1.12. The number of methoxy groups -OCH3 is 1. The smallest absolute Gasteiger partial charge is 0.150 e. The van der Waals surface area contributed by atoms with Crippen molar-refractivity contribution in [1.82, 2.24) is 14.5 Å². The largest absolute Gasteiger partial charge is 0.496 e. The van der Waals surface area contributed by atoms with Crippen molar-refractivity contribution in [2.45, 2.75) is 13.8 Å². The average Bonchev–Trinajstić information content (AvgIpc) is 2.80. The molecule has 2 N–H and O–H groups in total. The summed E-state index contributed by atoms with van der Waals surface area (Å²) in [6.07, 6.45) is 3.06. The number of hydrogen-bond donors (Lipinski definition) is 1. The van der Waals surface area contributed by atoms with Gasteiger partial charge < -0.3 is 10.5 Å². The Morgan fingerprint density at radius 1 is 1.32 bits per heavy atom. The quantitative estimate of drug-likeness (QED) is 0.784. The van der Waals surface area contributed by atoms with Gasteiger partial charge in [-0.1, -0.05) is 6.07 Å². The zero-order valence-electron chi connectivity index (χ0n) is 12.6. The van der Waals surface area contributed by atoms with Gasteiger partial charge in [-0.05, 0) is 25.5 Å². The Kier molecular flexibility index (Phi) is 3.18. The van der Waals surface area contributed by atoms with Crippen LogP contribution in [0, 0.1) is 25.2 Å². The fourth-order valence-electron chi connectivity index (χ4n) is 2.77. The van der Waals surface area contributed by atoms with Crippen LogP contribution >= 0.6 is 0 Å². The topological polar surface area (TPSA) is 89.8 Å². The fourth-order valence-corrected chi connectivity index (χ4v) is 2.77. The molecule has 0 aliphatic heterocycles. The van der Waals surface area contributed by atoms with Crippen LogP contribution in [0.2, 0.25) is 0 Å². The molecule has 22 heavy (non-hydrogen) atoms. The lowest BCUT2D eigenvalue weighted by Gasteiger charge is -2.16. The second kappa shape index (κ2) is 5.04. The molecule has 0 radical (unpaired) electrons. The van der Waals surface area contributed by atoms with Crippen LogP contribution in [0.4, 0.5) is 5.82 Å². The molecule has 3 aromatic rings. The molecule has 0 fully saturated rings. The second-order valence-corrected chi connectivity index (χ2v) is 5.03. The molecule has 3 rings (SSSR count). The molecule has 6 heteroatoms. The molecule has 0 spiro atoms. The third kappa shape index (κ3) is 1.79. The van der Waals surface area contributed by atoms with Crippen molar-refractivity contribution in [3.05, 3.63) is 41.3 Å². The highest BCUT2D eigenvalue weighted by atomic mass is 16.5. The van der Waals surface area contributed by atoms with E-state index in [1.807, 2.05) is 26.0 Å². The highest BCUT2D eigenvalue weighted by Gasteiger charge is 2.20. The molecule has 0 saturated heterocycles. The van der Waals surface area contributed by atoms with Crippen molar-refractivity contribution < 1.29 is 4.74 Å². The number of fused-ring (bicyclic) bond motifs is 1. The van der Waals surface area contributed by atoms with Gasteiger partial charge in [0.1, 0.15) is 29.5 Å². The minimum Gasteiger partial charge on any atom is -0.496 e. The molecular formula is C16H15N5O. The Bertz CT molecular complexity index is 920. The van der Waals surface area contributed by atoms with E-state index < -0.39 is 0 Å². The van der Waals surface area contributed by atoms with E-state index in [4.69, 9.17) is 10.5 Å². The van der Waals surface area contributed by atoms with E-state index in [9.17, 15) is 5.26 Å². The Hall–Kier alpha value is -3.07. The SMILES string of the molecule is COc1ccc(C)c(-n2c(N)c(C#N)c3cncnc32)c1C. The number of benzene rings is 1. The molecule has 0 atom stereocenters. The zero-order chi connectivity index (χ0) is 15.9. The first-order valence-electron chi connectivity index (χ1n) is 6.74. The van der Waals surface area contributed by atoms with Crippen molar-refractivity contribution in [1.29, 1.82) is 5.26 Å². The third-order valence-corrected chi connectivity index (χ3v) is 3.81. The lowest BCUT2D eigenvalue weighted by molar-refractivity contribution is 0.411. The van der Waals surface area contributed by atoms with Crippen molar-refractivity contribution in [3.8, 4) is 17.5 Å². The minimum absolute atomic E-state index is 0.359. The normalized spacial score (nSPS) is 10.6. The standard InChI is InChI=1S/C16H15N5O/c1-9-4-5-13(22-3)10(2)14(9)21-15(18)11(6-17)12-7-19-8-20-16(12)21/h4-5,7-8H,18H2,1-3H3. The van der Waals surface area contributed by atoms with Crippen molar-refractivity contribution in [3.63, 3.8) is 0 Å². The lowest BCUT2D eigenvalue weighted by atomic mass is 10.1. The number of nitrogens with two attached hydrogens (primary N) is 1. The maximum absolute atomic E-state index is 9.39. The number of aromatic nitrogens is 3. The Morgan fingerprint density at radius 2 is 2.09 bits per heavy atom. The van der Waals surface area contributed by atoms with Crippen molar-refractivity contribution >= 4 is 16.9 Å². The minimum atomic E-state index is 0.359. The maximum Gasteiger partial charge on any atom is 0.150 e. The summed E-state index contributed by atoms with van der Waals surface area (Å²) in [6.45, 7) is 3.94. The number of hydrogen-bond acceptors (Lipinski definition) is 5. The van der Waals surface area contributed by atoms with Crippen molar-refractivity contribution in [2.75, 3.05) is 12.8 Å². The summed E-state index contributed by atoms with van der Waals surface area (Å²) in [5, 5.41) is 10.0. The monoisotopic (exact) mass is 293 g/mol. The first-order chi connectivity index (χ1) is 10.6. The van der Waals surface area contributed by atoms with Crippen LogP contribution in [0.15, 0.2) is 24.7 Å². The number of nitrogen functional groups attached to an aromatic ring is 1. The van der Waals surface area contributed by atoms with Gasteiger partial charge in [0.25, 0.3) is 0 Å². The number of ether oxygens (including phenoxy) is 1. The van der Waals surface area contributed by atoms with E-state index in [1.165, 1.54) is 6.33 Å². The van der Waals surface area contributed by atoms with Gasteiger partial charge >= 0.3 is 0 Å². The van der Waals surface area contributed by atoms with Gasteiger partial charge in [0.2, 0.25) is 0 Å². The van der Waals surface area contributed by atoms with Crippen LogP contribution < -0.4 is 10.5 Å². The summed E-state index contributed by atoms with van der Waals surface area (Å²) in [5.41, 5.74) is 10.1. The number of nitrogens with zero attached hydrogens (tertiary/aromatic N) is 4. The summed E-state index contributed by atoms with van der Waals surface area (Å²) < 4.78 is 7.19. The molecule has 2 aromatic heterocycles.